The molecular weight excluding hydrogens is 271 g/mol. The van der Waals surface area contributed by atoms with Crippen LogP contribution >= 0.6 is 0 Å². The topological polar surface area (TPSA) is 50.1 Å². The van der Waals surface area contributed by atoms with Gasteiger partial charge in [0.05, 0.1) is 30.2 Å². The number of carbonyl (C=O) groups is 1. The zero-order valence-corrected chi connectivity index (χ0v) is 11.2. The van der Waals surface area contributed by atoms with E-state index in [0.29, 0.717) is 12.0 Å². The fourth-order valence-corrected chi connectivity index (χ4v) is 1.90. The van der Waals surface area contributed by atoms with Gasteiger partial charge in [0.25, 0.3) is 0 Å². The van der Waals surface area contributed by atoms with Crippen molar-refractivity contribution in [2.75, 3.05) is 6.61 Å². The highest BCUT2D eigenvalue weighted by atomic mass is 19.4. The largest absolute Gasteiger partial charge is 0.466 e. The van der Waals surface area contributed by atoms with E-state index in [0.717, 1.165) is 0 Å². The smallest absolute Gasteiger partial charge is 0.417 e. The van der Waals surface area contributed by atoms with Crippen molar-refractivity contribution in [3.63, 3.8) is 0 Å². The van der Waals surface area contributed by atoms with Crippen LogP contribution < -0.4 is 0 Å². The van der Waals surface area contributed by atoms with Gasteiger partial charge in [-0.2, -0.15) is 18.4 Å². The second-order valence-electron chi connectivity index (χ2n) is 4.12. The summed E-state index contributed by atoms with van der Waals surface area (Å²) in [7, 11) is 0. The Labute approximate surface area is 115 Å². The Bertz CT molecular complexity index is 545. The summed E-state index contributed by atoms with van der Waals surface area (Å²) >= 11 is 0. The fraction of sp³-hybridized carbons (Fsp3) is 0.429. The van der Waals surface area contributed by atoms with Crippen molar-refractivity contribution in [1.82, 2.24) is 0 Å². The number of carbonyl (C=O) groups excluding carboxylic acids is 1. The molecule has 0 saturated heterocycles. The Morgan fingerprint density at radius 1 is 1.35 bits per heavy atom. The van der Waals surface area contributed by atoms with Gasteiger partial charge in [0.2, 0.25) is 0 Å². The lowest BCUT2D eigenvalue weighted by Crippen LogP contribution is -2.16. The number of hydrogen-bond donors (Lipinski definition) is 0. The zero-order chi connectivity index (χ0) is 15.3. The molecule has 0 aliphatic heterocycles. The number of rotatable bonds is 4. The van der Waals surface area contributed by atoms with Gasteiger partial charge in [-0.1, -0.05) is 13.0 Å². The minimum absolute atomic E-state index is 0.0960. The lowest BCUT2D eigenvalue weighted by atomic mass is 9.95. The van der Waals surface area contributed by atoms with Crippen molar-refractivity contribution in [2.45, 2.75) is 32.9 Å². The summed E-state index contributed by atoms with van der Waals surface area (Å²) < 4.78 is 43.9. The molecule has 0 unspecified atom stereocenters. The second-order valence-corrected chi connectivity index (χ2v) is 4.12. The number of ether oxygens (including phenoxy) is 1. The Hall–Kier alpha value is -2.03. The van der Waals surface area contributed by atoms with Crippen LogP contribution in [0.4, 0.5) is 13.2 Å². The lowest BCUT2D eigenvalue weighted by molar-refractivity contribution is -0.143. The van der Waals surface area contributed by atoms with Crippen molar-refractivity contribution in [3.05, 3.63) is 34.4 Å². The summed E-state index contributed by atoms with van der Waals surface area (Å²) in [6.07, 6.45) is -4.70. The van der Waals surface area contributed by atoms with Gasteiger partial charge >= 0.3 is 12.1 Å². The Morgan fingerprint density at radius 2 is 2.00 bits per heavy atom. The van der Waals surface area contributed by atoms with Crippen LogP contribution in [-0.4, -0.2) is 12.6 Å². The standard InChI is InChI=1S/C14H14F3NO2/c1-3-9-5-10(7-12(19)20-4-2)13(14(15,16)17)11(6-9)8-18/h5-6H,3-4,7H2,1-2H3. The normalized spacial score (nSPS) is 11.0. The van der Waals surface area contributed by atoms with Gasteiger partial charge in [0, 0.05) is 0 Å². The van der Waals surface area contributed by atoms with Crippen LogP contribution in [0.5, 0.6) is 0 Å². The first kappa shape index (κ1) is 16.0. The third kappa shape index (κ3) is 3.73. The van der Waals surface area contributed by atoms with Crippen molar-refractivity contribution >= 4 is 5.97 Å². The predicted molar refractivity (Wildman–Crippen MR) is 65.9 cm³/mol. The van der Waals surface area contributed by atoms with Crippen LogP contribution in [0.25, 0.3) is 0 Å². The maximum atomic E-state index is 13.1. The van der Waals surface area contributed by atoms with Crippen molar-refractivity contribution in [2.24, 2.45) is 0 Å². The number of aryl methyl sites for hydroxylation is 1. The van der Waals surface area contributed by atoms with Crippen molar-refractivity contribution in [1.29, 1.82) is 5.26 Å². The van der Waals surface area contributed by atoms with E-state index in [1.165, 1.54) is 12.1 Å². The number of nitrogens with zero attached hydrogens (tertiary/aromatic N) is 1. The highest BCUT2D eigenvalue weighted by molar-refractivity contribution is 5.73. The second kappa shape index (κ2) is 6.42. The number of nitriles is 1. The van der Waals surface area contributed by atoms with E-state index in [1.54, 1.807) is 19.9 Å². The molecule has 0 spiro atoms. The average molecular weight is 285 g/mol. The molecule has 108 valence electrons. The van der Waals surface area contributed by atoms with Crippen LogP contribution in [0.3, 0.4) is 0 Å². The molecule has 1 rings (SSSR count). The zero-order valence-electron chi connectivity index (χ0n) is 11.2. The molecule has 0 amide bonds. The van der Waals surface area contributed by atoms with Crippen LogP contribution in [0.2, 0.25) is 0 Å². The Kier molecular flexibility index (Phi) is 5.14. The molecule has 0 aliphatic carbocycles. The number of hydrogen-bond acceptors (Lipinski definition) is 3. The van der Waals surface area contributed by atoms with E-state index in [4.69, 9.17) is 5.26 Å². The molecule has 0 aliphatic rings. The molecule has 0 radical (unpaired) electrons. The minimum atomic E-state index is -4.68. The molecule has 0 saturated carbocycles. The Morgan fingerprint density at radius 3 is 2.45 bits per heavy atom. The van der Waals surface area contributed by atoms with Crippen LogP contribution in [0.15, 0.2) is 12.1 Å². The summed E-state index contributed by atoms with van der Waals surface area (Å²) in [4.78, 5) is 11.4. The highest BCUT2D eigenvalue weighted by Crippen LogP contribution is 2.35. The van der Waals surface area contributed by atoms with Gasteiger partial charge in [-0.25, -0.2) is 0 Å². The summed E-state index contributed by atoms with van der Waals surface area (Å²) in [5, 5.41) is 8.90. The molecule has 0 heterocycles. The number of halogens is 3. The van der Waals surface area contributed by atoms with E-state index < -0.39 is 29.7 Å². The predicted octanol–water partition coefficient (Wildman–Crippen LogP) is 3.25. The molecule has 20 heavy (non-hydrogen) atoms. The first-order valence-corrected chi connectivity index (χ1v) is 6.12. The van der Waals surface area contributed by atoms with Gasteiger partial charge in [0.1, 0.15) is 0 Å². The van der Waals surface area contributed by atoms with Gasteiger partial charge in [-0.3, -0.25) is 4.79 Å². The summed E-state index contributed by atoms with van der Waals surface area (Å²) in [6, 6.07) is 4.06. The number of alkyl halides is 3. The molecule has 0 N–H and O–H groups in total. The quantitative estimate of drug-likeness (QED) is 0.798. The van der Waals surface area contributed by atoms with E-state index in [-0.39, 0.29) is 12.2 Å². The molecule has 6 heteroatoms. The van der Waals surface area contributed by atoms with Gasteiger partial charge < -0.3 is 4.74 Å². The monoisotopic (exact) mass is 285 g/mol. The SMILES string of the molecule is CCOC(=O)Cc1cc(CC)cc(C#N)c1C(F)(F)F. The van der Waals surface area contributed by atoms with Gasteiger partial charge in [-0.05, 0) is 30.5 Å². The molecule has 1 aromatic rings. The lowest BCUT2D eigenvalue weighted by Gasteiger charge is -2.15. The molecule has 3 nitrogen and oxygen atoms in total. The first-order chi connectivity index (χ1) is 9.33. The van der Waals surface area contributed by atoms with Crippen molar-refractivity contribution < 1.29 is 22.7 Å². The van der Waals surface area contributed by atoms with Crippen molar-refractivity contribution in [3.8, 4) is 6.07 Å². The fourth-order valence-electron chi connectivity index (χ4n) is 1.90. The van der Waals surface area contributed by atoms with E-state index >= 15 is 0 Å². The summed E-state index contributed by atoms with van der Waals surface area (Å²) in [6.45, 7) is 3.43. The van der Waals surface area contributed by atoms with Crippen LogP contribution in [0, 0.1) is 11.3 Å². The average Bonchev–Trinajstić information content (AvgIpc) is 2.36. The van der Waals surface area contributed by atoms with E-state index in [2.05, 4.69) is 4.74 Å². The van der Waals surface area contributed by atoms with Crippen LogP contribution in [0.1, 0.15) is 36.1 Å². The minimum Gasteiger partial charge on any atom is -0.466 e. The van der Waals surface area contributed by atoms with Gasteiger partial charge in [0.15, 0.2) is 0 Å². The third-order valence-electron chi connectivity index (χ3n) is 2.73. The molecule has 0 fully saturated rings. The number of benzene rings is 1. The maximum Gasteiger partial charge on any atom is 0.417 e. The van der Waals surface area contributed by atoms with E-state index in [1.807, 2.05) is 0 Å². The molecule has 1 aromatic carbocycles. The van der Waals surface area contributed by atoms with Gasteiger partial charge in [-0.15, -0.1) is 0 Å². The molecule has 0 aromatic heterocycles. The van der Waals surface area contributed by atoms with Crippen LogP contribution in [-0.2, 0) is 28.5 Å². The Balaban J connectivity index is 3.38. The maximum absolute atomic E-state index is 13.1. The molecular formula is C14H14F3NO2. The number of esters is 1. The highest BCUT2D eigenvalue weighted by Gasteiger charge is 2.37. The third-order valence-corrected chi connectivity index (χ3v) is 2.73. The summed E-state index contributed by atoms with van der Waals surface area (Å²) in [5.41, 5.74) is -1.15. The molecule has 0 bridgehead atoms. The first-order valence-electron chi connectivity index (χ1n) is 6.12. The molecule has 0 atom stereocenters. The summed E-state index contributed by atoms with van der Waals surface area (Å²) in [5.74, 6) is -0.741. The van der Waals surface area contributed by atoms with E-state index in [9.17, 15) is 18.0 Å².